The number of hydrogen-bond donors (Lipinski definition) is 1. The molecule has 7 nitrogen and oxygen atoms in total. The molecule has 1 fully saturated rings. The van der Waals surface area contributed by atoms with Crippen LogP contribution in [-0.2, 0) is 6.54 Å². The van der Waals surface area contributed by atoms with Crippen LogP contribution in [0.15, 0.2) is 18.5 Å². The van der Waals surface area contributed by atoms with Gasteiger partial charge in [-0.15, -0.1) is 0 Å². The third-order valence-electron chi connectivity index (χ3n) is 5.07. The van der Waals surface area contributed by atoms with Gasteiger partial charge in [-0.3, -0.25) is 9.48 Å². The lowest BCUT2D eigenvalue weighted by Gasteiger charge is -2.32. The van der Waals surface area contributed by atoms with Crippen LogP contribution in [0.5, 0.6) is 0 Å². The molecule has 2 aromatic rings. The molecule has 0 spiro atoms. The summed E-state index contributed by atoms with van der Waals surface area (Å²) in [7, 11) is 0. The number of nitrogens with zero attached hydrogens (tertiary/aromatic N) is 5. The number of carbonyl (C=O) groups excluding carboxylic acids is 1. The van der Waals surface area contributed by atoms with Crippen molar-refractivity contribution in [1.82, 2.24) is 24.6 Å². The molecule has 1 amide bonds. The first kappa shape index (κ1) is 18.4. The van der Waals surface area contributed by atoms with E-state index in [1.807, 2.05) is 22.6 Å². The number of aromatic nitrogens is 4. The molecule has 3 rings (SSSR count). The SMILES string of the molecule is Cc1c(C(=O)N2CCCC(c3ccnc(N)n3)C2)cnn1CCC(C)C. The number of likely N-dealkylation sites (tertiary alicyclic amines) is 1. The van der Waals surface area contributed by atoms with Crippen LogP contribution in [0.4, 0.5) is 5.95 Å². The molecule has 26 heavy (non-hydrogen) atoms. The predicted octanol–water partition coefficient (Wildman–Crippen LogP) is 2.63. The zero-order valence-corrected chi connectivity index (χ0v) is 15.9. The highest BCUT2D eigenvalue weighted by Crippen LogP contribution is 2.27. The van der Waals surface area contributed by atoms with Crippen LogP contribution in [0.1, 0.15) is 60.8 Å². The Balaban J connectivity index is 1.71. The van der Waals surface area contributed by atoms with Gasteiger partial charge >= 0.3 is 0 Å². The fourth-order valence-electron chi connectivity index (χ4n) is 3.45. The third-order valence-corrected chi connectivity index (χ3v) is 5.07. The van der Waals surface area contributed by atoms with Crippen molar-refractivity contribution in [1.29, 1.82) is 0 Å². The lowest BCUT2D eigenvalue weighted by molar-refractivity contribution is 0.0705. The molecule has 1 atom stereocenters. The average molecular weight is 356 g/mol. The summed E-state index contributed by atoms with van der Waals surface area (Å²) in [6.45, 7) is 8.64. The topological polar surface area (TPSA) is 89.9 Å². The fraction of sp³-hybridized carbons (Fsp3) is 0.579. The lowest BCUT2D eigenvalue weighted by Crippen LogP contribution is -2.39. The Morgan fingerprint density at radius 1 is 1.42 bits per heavy atom. The molecule has 1 aliphatic rings. The molecule has 1 aliphatic heterocycles. The van der Waals surface area contributed by atoms with E-state index in [9.17, 15) is 4.79 Å². The summed E-state index contributed by atoms with van der Waals surface area (Å²) in [6, 6.07) is 1.89. The van der Waals surface area contributed by atoms with Crippen LogP contribution in [0, 0.1) is 12.8 Å². The summed E-state index contributed by atoms with van der Waals surface area (Å²) < 4.78 is 1.94. The van der Waals surface area contributed by atoms with Gasteiger partial charge in [-0.2, -0.15) is 5.10 Å². The Kier molecular flexibility index (Phi) is 5.54. The van der Waals surface area contributed by atoms with Crippen molar-refractivity contribution >= 4 is 11.9 Å². The molecule has 3 heterocycles. The Bertz CT molecular complexity index is 769. The maximum Gasteiger partial charge on any atom is 0.257 e. The third kappa shape index (κ3) is 4.03. The van der Waals surface area contributed by atoms with Crippen molar-refractivity contribution in [3.05, 3.63) is 35.4 Å². The van der Waals surface area contributed by atoms with Crippen molar-refractivity contribution in [3.8, 4) is 0 Å². The molecule has 7 heteroatoms. The van der Waals surface area contributed by atoms with E-state index < -0.39 is 0 Å². The minimum Gasteiger partial charge on any atom is -0.368 e. The minimum atomic E-state index is 0.0602. The first-order valence-corrected chi connectivity index (χ1v) is 9.35. The molecular formula is C19H28N6O. The van der Waals surface area contributed by atoms with Crippen LogP contribution in [-0.4, -0.2) is 43.6 Å². The highest BCUT2D eigenvalue weighted by Gasteiger charge is 2.28. The Morgan fingerprint density at radius 3 is 2.96 bits per heavy atom. The van der Waals surface area contributed by atoms with E-state index >= 15 is 0 Å². The smallest absolute Gasteiger partial charge is 0.257 e. The standard InChI is InChI=1S/C19H28N6O/c1-13(2)7-10-25-14(3)16(11-22-25)18(26)24-9-4-5-15(12-24)17-6-8-21-19(20)23-17/h6,8,11,13,15H,4-5,7,9-10,12H2,1-3H3,(H2,20,21,23). The summed E-state index contributed by atoms with van der Waals surface area (Å²) in [6.07, 6.45) is 6.41. The van der Waals surface area contributed by atoms with E-state index in [1.165, 1.54) is 0 Å². The molecule has 1 unspecified atom stereocenters. The van der Waals surface area contributed by atoms with Crippen molar-refractivity contribution in [2.24, 2.45) is 5.92 Å². The van der Waals surface area contributed by atoms with Gasteiger partial charge in [-0.25, -0.2) is 9.97 Å². The van der Waals surface area contributed by atoms with Gasteiger partial charge in [0.2, 0.25) is 5.95 Å². The van der Waals surface area contributed by atoms with Gasteiger partial charge in [0.1, 0.15) is 0 Å². The van der Waals surface area contributed by atoms with E-state index in [0.717, 1.165) is 43.7 Å². The predicted molar refractivity (Wildman–Crippen MR) is 101 cm³/mol. The number of hydrogen-bond acceptors (Lipinski definition) is 5. The zero-order chi connectivity index (χ0) is 18.7. The van der Waals surface area contributed by atoms with E-state index in [1.54, 1.807) is 12.4 Å². The highest BCUT2D eigenvalue weighted by atomic mass is 16.2. The molecule has 0 aliphatic carbocycles. The lowest BCUT2D eigenvalue weighted by atomic mass is 9.94. The van der Waals surface area contributed by atoms with Crippen molar-refractivity contribution in [2.75, 3.05) is 18.8 Å². The number of carbonyl (C=O) groups is 1. The monoisotopic (exact) mass is 356 g/mol. The van der Waals surface area contributed by atoms with E-state index in [0.29, 0.717) is 18.0 Å². The number of amides is 1. The van der Waals surface area contributed by atoms with Crippen LogP contribution in [0.3, 0.4) is 0 Å². The molecular weight excluding hydrogens is 328 g/mol. The summed E-state index contributed by atoms with van der Waals surface area (Å²) in [5.74, 6) is 1.16. The maximum atomic E-state index is 13.0. The number of rotatable bonds is 5. The number of aryl methyl sites for hydroxylation is 1. The molecule has 0 radical (unpaired) electrons. The normalized spacial score (nSPS) is 17.7. The largest absolute Gasteiger partial charge is 0.368 e. The van der Waals surface area contributed by atoms with Gasteiger partial charge in [0.05, 0.1) is 17.5 Å². The van der Waals surface area contributed by atoms with Crippen LogP contribution in [0.2, 0.25) is 0 Å². The molecule has 0 aromatic carbocycles. The number of nitrogen functional groups attached to an aromatic ring is 1. The zero-order valence-electron chi connectivity index (χ0n) is 15.9. The van der Waals surface area contributed by atoms with E-state index in [2.05, 4.69) is 28.9 Å². The number of piperidine rings is 1. The second-order valence-electron chi connectivity index (χ2n) is 7.48. The highest BCUT2D eigenvalue weighted by molar-refractivity contribution is 5.95. The summed E-state index contributed by atoms with van der Waals surface area (Å²) in [5, 5.41) is 4.42. The van der Waals surface area contributed by atoms with Crippen molar-refractivity contribution < 1.29 is 4.79 Å². The first-order chi connectivity index (χ1) is 12.5. The second kappa shape index (κ2) is 7.85. The summed E-state index contributed by atoms with van der Waals surface area (Å²) >= 11 is 0. The Hall–Kier alpha value is -2.44. The number of nitrogens with two attached hydrogens (primary N) is 1. The van der Waals surface area contributed by atoms with Crippen molar-refractivity contribution in [2.45, 2.75) is 52.5 Å². The van der Waals surface area contributed by atoms with E-state index in [-0.39, 0.29) is 17.8 Å². The van der Waals surface area contributed by atoms with Gasteiger partial charge < -0.3 is 10.6 Å². The van der Waals surface area contributed by atoms with Gasteiger partial charge in [0.15, 0.2) is 0 Å². The summed E-state index contributed by atoms with van der Waals surface area (Å²) in [4.78, 5) is 23.2. The average Bonchev–Trinajstić information content (AvgIpc) is 3.00. The molecule has 2 aromatic heterocycles. The minimum absolute atomic E-state index is 0.0602. The molecule has 140 valence electrons. The van der Waals surface area contributed by atoms with Gasteiger partial charge in [0, 0.05) is 37.4 Å². The van der Waals surface area contributed by atoms with Crippen molar-refractivity contribution in [3.63, 3.8) is 0 Å². The molecule has 0 saturated carbocycles. The molecule has 2 N–H and O–H groups in total. The second-order valence-corrected chi connectivity index (χ2v) is 7.48. The Morgan fingerprint density at radius 2 is 2.23 bits per heavy atom. The van der Waals surface area contributed by atoms with Crippen LogP contribution < -0.4 is 5.73 Å². The van der Waals surface area contributed by atoms with Gasteiger partial charge in [-0.05, 0) is 38.2 Å². The van der Waals surface area contributed by atoms with Crippen LogP contribution in [0.25, 0.3) is 0 Å². The van der Waals surface area contributed by atoms with Gasteiger partial charge in [0.25, 0.3) is 5.91 Å². The fourth-order valence-corrected chi connectivity index (χ4v) is 3.45. The number of anilines is 1. The Labute approximate surface area is 154 Å². The van der Waals surface area contributed by atoms with Gasteiger partial charge in [-0.1, -0.05) is 13.8 Å². The molecule has 1 saturated heterocycles. The maximum absolute atomic E-state index is 13.0. The quantitative estimate of drug-likeness (QED) is 0.889. The van der Waals surface area contributed by atoms with E-state index in [4.69, 9.17) is 5.73 Å². The first-order valence-electron chi connectivity index (χ1n) is 9.35. The summed E-state index contributed by atoms with van der Waals surface area (Å²) in [5.41, 5.74) is 8.28. The van der Waals surface area contributed by atoms with Crippen LogP contribution >= 0.6 is 0 Å². The molecule has 0 bridgehead atoms.